The van der Waals surface area contributed by atoms with Crippen LogP contribution in [0.5, 0.6) is 0 Å². The number of hydrogen-bond donors (Lipinski definition) is 2. The van der Waals surface area contributed by atoms with Crippen molar-refractivity contribution in [2.75, 3.05) is 5.32 Å². The molecule has 2 heterocycles. The molecule has 0 saturated carbocycles. The molecule has 0 aliphatic carbocycles. The highest BCUT2D eigenvalue weighted by molar-refractivity contribution is 7.17. The van der Waals surface area contributed by atoms with Gasteiger partial charge in [0.2, 0.25) is 0 Å². The SMILES string of the molecule is Cc1ccc(-c2csc3ncnc(Nc4cccc(C(=O)O)c4)c23)cc1C.Cl. The third-order valence-electron chi connectivity index (χ3n) is 4.56. The van der Waals surface area contributed by atoms with E-state index in [0.29, 0.717) is 11.5 Å². The smallest absolute Gasteiger partial charge is 0.335 e. The van der Waals surface area contributed by atoms with E-state index in [1.54, 1.807) is 29.5 Å². The summed E-state index contributed by atoms with van der Waals surface area (Å²) in [6.07, 6.45) is 1.52. The summed E-state index contributed by atoms with van der Waals surface area (Å²) >= 11 is 1.57. The number of hydrogen-bond acceptors (Lipinski definition) is 5. The molecule has 142 valence electrons. The zero-order chi connectivity index (χ0) is 19.0. The Morgan fingerprint density at radius 1 is 1.07 bits per heavy atom. The van der Waals surface area contributed by atoms with Crippen LogP contribution in [0, 0.1) is 13.8 Å². The summed E-state index contributed by atoms with van der Waals surface area (Å²) in [6, 6.07) is 13.1. The molecule has 0 fully saturated rings. The molecule has 0 radical (unpaired) electrons. The molecule has 0 saturated heterocycles. The minimum atomic E-state index is -0.960. The Morgan fingerprint density at radius 3 is 2.64 bits per heavy atom. The lowest BCUT2D eigenvalue weighted by Gasteiger charge is -2.10. The topological polar surface area (TPSA) is 75.1 Å². The summed E-state index contributed by atoms with van der Waals surface area (Å²) in [7, 11) is 0. The summed E-state index contributed by atoms with van der Waals surface area (Å²) in [5, 5.41) is 15.5. The standard InChI is InChI=1S/C21H17N3O2S.ClH/c1-12-6-7-14(8-13(12)2)17-10-27-20-18(17)19(22-11-23-20)24-16-5-3-4-15(9-16)21(25)26;/h3-11H,1-2H3,(H,25,26)(H,22,23,24);1H. The van der Waals surface area contributed by atoms with E-state index in [1.807, 2.05) is 6.07 Å². The second kappa shape index (κ2) is 7.96. The number of nitrogens with zero attached hydrogens (tertiary/aromatic N) is 2. The Labute approximate surface area is 172 Å². The monoisotopic (exact) mass is 411 g/mol. The summed E-state index contributed by atoms with van der Waals surface area (Å²) < 4.78 is 0. The fraction of sp³-hybridized carbons (Fsp3) is 0.0952. The number of nitrogens with one attached hydrogen (secondary N) is 1. The second-order valence-electron chi connectivity index (χ2n) is 6.36. The average Bonchev–Trinajstić information content (AvgIpc) is 3.09. The van der Waals surface area contributed by atoms with E-state index in [9.17, 15) is 9.90 Å². The maximum Gasteiger partial charge on any atom is 0.335 e. The molecule has 0 bridgehead atoms. The minimum absolute atomic E-state index is 0. The van der Waals surface area contributed by atoms with Gasteiger partial charge in [0.25, 0.3) is 0 Å². The molecular formula is C21H18ClN3O2S. The fourth-order valence-electron chi connectivity index (χ4n) is 2.96. The van der Waals surface area contributed by atoms with E-state index in [1.165, 1.54) is 17.5 Å². The molecule has 28 heavy (non-hydrogen) atoms. The highest BCUT2D eigenvalue weighted by atomic mass is 35.5. The molecular weight excluding hydrogens is 394 g/mol. The van der Waals surface area contributed by atoms with Crippen LogP contribution in [0.15, 0.2) is 54.2 Å². The molecule has 2 N–H and O–H groups in total. The van der Waals surface area contributed by atoms with Crippen molar-refractivity contribution < 1.29 is 9.90 Å². The zero-order valence-corrected chi connectivity index (χ0v) is 16.9. The van der Waals surface area contributed by atoms with Gasteiger partial charge in [-0.3, -0.25) is 0 Å². The zero-order valence-electron chi connectivity index (χ0n) is 15.3. The van der Waals surface area contributed by atoms with E-state index in [0.717, 1.165) is 21.3 Å². The first-order valence-corrected chi connectivity index (χ1v) is 9.31. The lowest BCUT2D eigenvalue weighted by atomic mass is 10.0. The summed E-state index contributed by atoms with van der Waals surface area (Å²) in [4.78, 5) is 20.9. The first kappa shape index (κ1) is 19.8. The van der Waals surface area contributed by atoms with Gasteiger partial charge in [-0.15, -0.1) is 23.7 Å². The lowest BCUT2D eigenvalue weighted by molar-refractivity contribution is 0.0697. The molecule has 4 rings (SSSR count). The normalized spacial score (nSPS) is 10.5. The van der Waals surface area contributed by atoms with Gasteiger partial charge in [-0.2, -0.15) is 0 Å². The van der Waals surface area contributed by atoms with Gasteiger partial charge in [-0.25, -0.2) is 14.8 Å². The van der Waals surface area contributed by atoms with Crippen LogP contribution >= 0.6 is 23.7 Å². The van der Waals surface area contributed by atoms with Crippen molar-refractivity contribution in [3.8, 4) is 11.1 Å². The first-order valence-electron chi connectivity index (χ1n) is 8.43. The predicted octanol–water partition coefficient (Wildman–Crippen LogP) is 5.84. The number of anilines is 2. The summed E-state index contributed by atoms with van der Waals surface area (Å²) in [5.74, 6) is -0.296. The van der Waals surface area contributed by atoms with Gasteiger partial charge in [0.05, 0.1) is 10.9 Å². The van der Waals surface area contributed by atoms with E-state index in [4.69, 9.17) is 0 Å². The fourth-order valence-corrected chi connectivity index (χ4v) is 3.87. The number of aromatic carboxylic acids is 1. The number of halogens is 1. The van der Waals surface area contributed by atoms with E-state index >= 15 is 0 Å². The van der Waals surface area contributed by atoms with Crippen LogP contribution in [0.3, 0.4) is 0 Å². The average molecular weight is 412 g/mol. The summed E-state index contributed by atoms with van der Waals surface area (Å²) in [6.45, 7) is 4.19. The number of carbonyl (C=O) groups is 1. The van der Waals surface area contributed by atoms with Gasteiger partial charge in [-0.1, -0.05) is 24.3 Å². The Balaban J connectivity index is 0.00000225. The van der Waals surface area contributed by atoms with Gasteiger partial charge < -0.3 is 10.4 Å². The Bertz CT molecular complexity index is 1170. The van der Waals surface area contributed by atoms with Crippen molar-refractivity contribution in [3.05, 3.63) is 70.9 Å². The van der Waals surface area contributed by atoms with Gasteiger partial charge in [0.1, 0.15) is 17.0 Å². The number of thiophene rings is 1. The minimum Gasteiger partial charge on any atom is -0.478 e. The predicted molar refractivity (Wildman–Crippen MR) is 116 cm³/mol. The van der Waals surface area contributed by atoms with Crippen LogP contribution in [0.4, 0.5) is 11.5 Å². The molecule has 5 nitrogen and oxygen atoms in total. The molecule has 0 atom stereocenters. The number of carboxylic acids is 1. The van der Waals surface area contributed by atoms with Crippen molar-refractivity contribution in [1.82, 2.24) is 9.97 Å². The van der Waals surface area contributed by atoms with Crippen molar-refractivity contribution >= 4 is 51.4 Å². The Kier molecular flexibility index (Phi) is 5.63. The number of aromatic nitrogens is 2. The van der Waals surface area contributed by atoms with Gasteiger partial charge in [-0.05, 0) is 48.7 Å². The molecule has 0 spiro atoms. The van der Waals surface area contributed by atoms with Gasteiger partial charge in [0.15, 0.2) is 0 Å². The molecule has 0 aliphatic heterocycles. The second-order valence-corrected chi connectivity index (χ2v) is 7.22. The van der Waals surface area contributed by atoms with E-state index in [-0.39, 0.29) is 18.0 Å². The highest BCUT2D eigenvalue weighted by Crippen LogP contribution is 2.38. The number of benzene rings is 2. The molecule has 0 aliphatic rings. The number of fused-ring (bicyclic) bond motifs is 1. The largest absolute Gasteiger partial charge is 0.478 e. The molecule has 4 aromatic rings. The molecule has 2 aromatic heterocycles. The van der Waals surface area contributed by atoms with Crippen LogP contribution in [-0.4, -0.2) is 21.0 Å². The molecule has 0 amide bonds. The molecule has 7 heteroatoms. The number of rotatable bonds is 4. The maximum absolute atomic E-state index is 11.2. The Hall–Kier alpha value is -2.96. The third kappa shape index (κ3) is 3.69. The van der Waals surface area contributed by atoms with E-state index in [2.05, 4.69) is 52.7 Å². The van der Waals surface area contributed by atoms with Crippen LogP contribution in [0.2, 0.25) is 0 Å². The Morgan fingerprint density at radius 2 is 1.89 bits per heavy atom. The van der Waals surface area contributed by atoms with Crippen molar-refractivity contribution in [2.45, 2.75) is 13.8 Å². The lowest BCUT2D eigenvalue weighted by Crippen LogP contribution is -1.99. The first-order chi connectivity index (χ1) is 13.0. The summed E-state index contributed by atoms with van der Waals surface area (Å²) in [5.41, 5.74) is 5.56. The van der Waals surface area contributed by atoms with Gasteiger partial charge in [0, 0.05) is 16.6 Å². The van der Waals surface area contributed by atoms with Crippen LogP contribution in [-0.2, 0) is 0 Å². The highest BCUT2D eigenvalue weighted by Gasteiger charge is 2.14. The number of carboxylic acid groups (broad SMARTS) is 1. The maximum atomic E-state index is 11.2. The number of aryl methyl sites for hydroxylation is 2. The van der Waals surface area contributed by atoms with Crippen molar-refractivity contribution in [2.24, 2.45) is 0 Å². The van der Waals surface area contributed by atoms with E-state index < -0.39 is 5.97 Å². The quantitative estimate of drug-likeness (QED) is 0.441. The van der Waals surface area contributed by atoms with Crippen LogP contribution in [0.1, 0.15) is 21.5 Å². The third-order valence-corrected chi connectivity index (χ3v) is 5.45. The molecule has 2 aromatic carbocycles. The van der Waals surface area contributed by atoms with Crippen LogP contribution < -0.4 is 5.32 Å². The van der Waals surface area contributed by atoms with Crippen molar-refractivity contribution in [3.63, 3.8) is 0 Å². The molecule has 0 unspecified atom stereocenters. The van der Waals surface area contributed by atoms with Crippen molar-refractivity contribution in [1.29, 1.82) is 0 Å². The van der Waals surface area contributed by atoms with Crippen LogP contribution in [0.25, 0.3) is 21.3 Å². The van der Waals surface area contributed by atoms with Gasteiger partial charge >= 0.3 is 5.97 Å².